The summed E-state index contributed by atoms with van der Waals surface area (Å²) in [6.45, 7) is 5.75. The van der Waals surface area contributed by atoms with E-state index in [0.29, 0.717) is 17.9 Å². The van der Waals surface area contributed by atoms with Crippen molar-refractivity contribution >= 4 is 11.6 Å². The van der Waals surface area contributed by atoms with Gasteiger partial charge in [-0.1, -0.05) is 6.92 Å². The van der Waals surface area contributed by atoms with Gasteiger partial charge in [0.25, 0.3) is 0 Å². The van der Waals surface area contributed by atoms with Crippen molar-refractivity contribution in [1.29, 1.82) is 0 Å². The maximum Gasteiger partial charge on any atom is 0.191 e. The van der Waals surface area contributed by atoms with Crippen LogP contribution in [0, 0.1) is 11.7 Å². The van der Waals surface area contributed by atoms with Crippen molar-refractivity contribution < 1.29 is 4.39 Å². The molecule has 0 radical (unpaired) electrons. The average molecular weight is 290 g/mol. The number of hydrogen-bond acceptors (Lipinski definition) is 2. The van der Waals surface area contributed by atoms with Gasteiger partial charge >= 0.3 is 0 Å². The van der Waals surface area contributed by atoms with Crippen LogP contribution in [0.4, 0.5) is 10.1 Å². The zero-order valence-electron chi connectivity index (χ0n) is 12.5. The quantitative estimate of drug-likeness (QED) is 0.670. The predicted molar refractivity (Wildman–Crippen MR) is 84.0 cm³/mol. The summed E-state index contributed by atoms with van der Waals surface area (Å²) in [6.07, 6.45) is 2.43. The highest BCUT2D eigenvalue weighted by Crippen LogP contribution is 2.29. The lowest BCUT2D eigenvalue weighted by molar-refractivity contribution is 0.278. The highest BCUT2D eigenvalue weighted by molar-refractivity contribution is 5.78. The highest BCUT2D eigenvalue weighted by Gasteiger charge is 2.27. The van der Waals surface area contributed by atoms with Crippen molar-refractivity contribution in [3.05, 3.63) is 30.1 Å². The first-order chi connectivity index (χ1) is 10.1. The van der Waals surface area contributed by atoms with Crippen LogP contribution >= 0.6 is 0 Å². The summed E-state index contributed by atoms with van der Waals surface area (Å²) in [6, 6.07) is 7.10. The third-order valence-corrected chi connectivity index (χ3v) is 4.67. The Kier molecular flexibility index (Phi) is 3.99. The molecule has 3 rings (SSSR count). The molecule has 114 valence electrons. The van der Waals surface area contributed by atoms with Gasteiger partial charge in [-0.15, -0.1) is 0 Å². The van der Waals surface area contributed by atoms with Crippen LogP contribution in [0.2, 0.25) is 0 Å². The molecule has 21 heavy (non-hydrogen) atoms. The molecule has 0 bridgehead atoms. The standard InChI is InChI=1S/C16H23FN4/c1-12-2-7-15(12)19-16(18)21-10-8-20(9-11-21)14-5-3-13(17)4-6-14/h3-6,12,15H,2,7-11H2,1H3,(H2,18,19). The molecule has 2 unspecified atom stereocenters. The van der Waals surface area contributed by atoms with E-state index in [9.17, 15) is 4.39 Å². The van der Waals surface area contributed by atoms with Crippen LogP contribution < -0.4 is 10.6 Å². The van der Waals surface area contributed by atoms with Gasteiger partial charge in [0, 0.05) is 31.9 Å². The van der Waals surface area contributed by atoms with Crippen LogP contribution in [-0.4, -0.2) is 43.1 Å². The minimum absolute atomic E-state index is 0.191. The van der Waals surface area contributed by atoms with Gasteiger partial charge in [-0.2, -0.15) is 0 Å². The molecule has 0 amide bonds. The largest absolute Gasteiger partial charge is 0.370 e. The SMILES string of the molecule is CC1CCC1N=C(N)N1CCN(c2ccc(F)cc2)CC1. The number of aliphatic imine (C=N–C) groups is 1. The lowest BCUT2D eigenvalue weighted by Gasteiger charge is -2.38. The fraction of sp³-hybridized carbons (Fsp3) is 0.562. The van der Waals surface area contributed by atoms with E-state index in [4.69, 9.17) is 5.73 Å². The molecule has 2 atom stereocenters. The van der Waals surface area contributed by atoms with Crippen molar-refractivity contribution in [3.63, 3.8) is 0 Å². The predicted octanol–water partition coefficient (Wildman–Crippen LogP) is 2.06. The van der Waals surface area contributed by atoms with Crippen LogP contribution in [0.15, 0.2) is 29.3 Å². The van der Waals surface area contributed by atoms with E-state index >= 15 is 0 Å². The van der Waals surface area contributed by atoms with E-state index in [1.807, 2.05) is 12.1 Å². The lowest BCUT2D eigenvalue weighted by atomic mass is 9.82. The molecule has 1 aliphatic carbocycles. The Morgan fingerprint density at radius 1 is 1.14 bits per heavy atom. The van der Waals surface area contributed by atoms with Crippen LogP contribution in [0.1, 0.15) is 19.8 Å². The van der Waals surface area contributed by atoms with Crippen LogP contribution in [0.3, 0.4) is 0 Å². The van der Waals surface area contributed by atoms with Crippen LogP contribution in [-0.2, 0) is 0 Å². The molecular weight excluding hydrogens is 267 g/mol. The van der Waals surface area contributed by atoms with E-state index in [1.54, 1.807) is 0 Å². The number of halogens is 1. The van der Waals surface area contributed by atoms with Gasteiger partial charge in [-0.3, -0.25) is 0 Å². The molecule has 1 aromatic rings. The summed E-state index contributed by atoms with van der Waals surface area (Å²) in [4.78, 5) is 9.07. The Morgan fingerprint density at radius 2 is 1.81 bits per heavy atom. The molecule has 1 saturated heterocycles. The van der Waals surface area contributed by atoms with Crippen molar-refractivity contribution in [2.75, 3.05) is 31.1 Å². The normalized spacial score (nSPS) is 26.7. The number of anilines is 1. The molecule has 2 fully saturated rings. The molecule has 2 aliphatic rings. The fourth-order valence-electron chi connectivity index (χ4n) is 2.94. The van der Waals surface area contributed by atoms with E-state index in [2.05, 4.69) is 21.7 Å². The van der Waals surface area contributed by atoms with Gasteiger partial charge < -0.3 is 15.5 Å². The summed E-state index contributed by atoms with van der Waals surface area (Å²) in [7, 11) is 0. The number of nitrogens with two attached hydrogens (primary N) is 1. The molecule has 1 saturated carbocycles. The lowest BCUT2D eigenvalue weighted by Crippen LogP contribution is -2.51. The van der Waals surface area contributed by atoms with Crippen molar-refractivity contribution in [2.45, 2.75) is 25.8 Å². The van der Waals surface area contributed by atoms with Gasteiger partial charge in [0.05, 0.1) is 6.04 Å². The molecule has 1 heterocycles. The Balaban J connectivity index is 1.56. The Hall–Kier alpha value is -1.78. The Labute approximate surface area is 125 Å². The first-order valence-electron chi connectivity index (χ1n) is 7.72. The first kappa shape index (κ1) is 14.2. The van der Waals surface area contributed by atoms with Crippen molar-refractivity contribution in [1.82, 2.24) is 4.90 Å². The van der Waals surface area contributed by atoms with Crippen LogP contribution in [0.5, 0.6) is 0 Å². The van der Waals surface area contributed by atoms with Crippen molar-refractivity contribution in [3.8, 4) is 0 Å². The smallest absolute Gasteiger partial charge is 0.191 e. The molecule has 4 nitrogen and oxygen atoms in total. The van der Waals surface area contributed by atoms with Gasteiger partial charge in [-0.25, -0.2) is 9.38 Å². The van der Waals surface area contributed by atoms with Gasteiger partial charge in [-0.05, 0) is 43.0 Å². The molecule has 0 spiro atoms. The number of nitrogens with zero attached hydrogens (tertiary/aromatic N) is 3. The van der Waals surface area contributed by atoms with E-state index in [-0.39, 0.29) is 5.82 Å². The number of benzene rings is 1. The molecule has 1 aliphatic heterocycles. The third kappa shape index (κ3) is 3.12. The highest BCUT2D eigenvalue weighted by atomic mass is 19.1. The second kappa shape index (κ2) is 5.92. The second-order valence-corrected chi connectivity index (χ2v) is 6.06. The monoisotopic (exact) mass is 290 g/mol. The average Bonchev–Trinajstić information content (AvgIpc) is 2.52. The number of piperazine rings is 1. The van der Waals surface area contributed by atoms with E-state index < -0.39 is 0 Å². The molecule has 1 aromatic carbocycles. The first-order valence-corrected chi connectivity index (χ1v) is 7.72. The molecular formula is C16H23FN4. The van der Waals surface area contributed by atoms with Gasteiger partial charge in [0.1, 0.15) is 5.82 Å². The minimum atomic E-state index is -0.191. The van der Waals surface area contributed by atoms with E-state index in [0.717, 1.165) is 38.3 Å². The fourth-order valence-corrected chi connectivity index (χ4v) is 2.94. The number of guanidine groups is 1. The number of hydrogen-bond donors (Lipinski definition) is 1. The molecule has 5 heteroatoms. The summed E-state index contributed by atoms with van der Waals surface area (Å²) < 4.78 is 13.0. The van der Waals surface area contributed by atoms with E-state index in [1.165, 1.54) is 18.6 Å². The zero-order chi connectivity index (χ0) is 14.8. The summed E-state index contributed by atoms with van der Waals surface area (Å²) in [5.41, 5.74) is 7.20. The Bertz CT molecular complexity index is 506. The van der Waals surface area contributed by atoms with Gasteiger partial charge in [0.15, 0.2) is 5.96 Å². The maximum atomic E-state index is 13.0. The topological polar surface area (TPSA) is 44.9 Å². The zero-order valence-corrected chi connectivity index (χ0v) is 12.5. The third-order valence-electron chi connectivity index (χ3n) is 4.67. The van der Waals surface area contributed by atoms with Gasteiger partial charge in [0.2, 0.25) is 0 Å². The molecule has 2 N–H and O–H groups in total. The number of rotatable bonds is 2. The summed E-state index contributed by atoms with van der Waals surface area (Å²) in [5, 5.41) is 0. The molecule has 0 aromatic heterocycles. The van der Waals surface area contributed by atoms with Crippen molar-refractivity contribution in [2.24, 2.45) is 16.6 Å². The second-order valence-electron chi connectivity index (χ2n) is 6.06. The Morgan fingerprint density at radius 3 is 2.33 bits per heavy atom. The maximum absolute atomic E-state index is 13.0. The summed E-state index contributed by atoms with van der Waals surface area (Å²) >= 11 is 0. The minimum Gasteiger partial charge on any atom is -0.370 e. The summed E-state index contributed by atoms with van der Waals surface area (Å²) in [5.74, 6) is 1.16. The van der Waals surface area contributed by atoms with Crippen LogP contribution in [0.25, 0.3) is 0 Å².